The zero-order valence-electron chi connectivity index (χ0n) is 12.7. The maximum atomic E-state index is 12.4. The summed E-state index contributed by atoms with van der Waals surface area (Å²) in [5.41, 5.74) is 0. The fourth-order valence-electron chi connectivity index (χ4n) is 3.07. The van der Waals surface area contributed by atoms with E-state index in [1.165, 1.54) is 4.88 Å². The molecule has 2 fully saturated rings. The van der Waals surface area contributed by atoms with Gasteiger partial charge < -0.3 is 10.2 Å². The average Bonchev–Trinajstić information content (AvgIpc) is 3.01. The van der Waals surface area contributed by atoms with Gasteiger partial charge in [0, 0.05) is 44.1 Å². The second kappa shape index (κ2) is 9.73. The number of piperazine rings is 1. The number of piperidine rings is 1. The molecule has 0 bridgehead atoms. The standard InChI is InChI=1S/C15H23N3OS.2ClH/c19-15(13-3-1-5-16-11-13)18-8-6-17(7-9-18)12-14-4-2-10-20-14;;/h2,4,10,13,16H,1,3,5-9,11-12H2;2*1H/t13-;;/m1../s1. The van der Waals surface area contributed by atoms with E-state index in [4.69, 9.17) is 0 Å². The lowest BCUT2D eigenvalue weighted by molar-refractivity contribution is -0.137. The van der Waals surface area contributed by atoms with Crippen LogP contribution in [0.2, 0.25) is 0 Å². The smallest absolute Gasteiger partial charge is 0.227 e. The van der Waals surface area contributed by atoms with Crippen molar-refractivity contribution >= 4 is 42.1 Å². The van der Waals surface area contributed by atoms with Gasteiger partial charge in [-0.2, -0.15) is 0 Å². The molecule has 0 radical (unpaired) electrons. The molecule has 0 saturated carbocycles. The molecule has 4 nitrogen and oxygen atoms in total. The molecule has 0 spiro atoms. The third kappa shape index (κ3) is 5.10. The quantitative estimate of drug-likeness (QED) is 0.891. The molecule has 7 heteroatoms. The van der Waals surface area contributed by atoms with Crippen LogP contribution in [0.4, 0.5) is 0 Å². The van der Waals surface area contributed by atoms with Crippen molar-refractivity contribution in [2.24, 2.45) is 5.92 Å². The van der Waals surface area contributed by atoms with Crippen molar-refractivity contribution in [1.29, 1.82) is 0 Å². The zero-order valence-corrected chi connectivity index (χ0v) is 15.2. The van der Waals surface area contributed by atoms with Crippen molar-refractivity contribution in [3.63, 3.8) is 0 Å². The van der Waals surface area contributed by atoms with Gasteiger partial charge in [0.15, 0.2) is 0 Å². The van der Waals surface area contributed by atoms with E-state index < -0.39 is 0 Å². The van der Waals surface area contributed by atoms with Crippen molar-refractivity contribution in [2.45, 2.75) is 19.4 Å². The van der Waals surface area contributed by atoms with E-state index in [0.717, 1.165) is 58.7 Å². The minimum absolute atomic E-state index is 0. The largest absolute Gasteiger partial charge is 0.340 e. The van der Waals surface area contributed by atoms with Crippen LogP contribution >= 0.6 is 36.2 Å². The summed E-state index contributed by atoms with van der Waals surface area (Å²) in [7, 11) is 0. The van der Waals surface area contributed by atoms with Crippen LogP contribution in [0.15, 0.2) is 17.5 Å². The van der Waals surface area contributed by atoms with Crippen LogP contribution in [0.25, 0.3) is 0 Å². The van der Waals surface area contributed by atoms with Gasteiger partial charge in [-0.3, -0.25) is 9.69 Å². The average molecular weight is 366 g/mol. The van der Waals surface area contributed by atoms with E-state index >= 15 is 0 Å². The predicted octanol–water partition coefficient (Wildman–Crippen LogP) is 2.24. The SMILES string of the molecule is Cl.Cl.O=C([C@@H]1CCCNC1)N1CCN(Cc2cccs2)CC1. The summed E-state index contributed by atoms with van der Waals surface area (Å²) in [5.74, 6) is 0.584. The van der Waals surface area contributed by atoms with Crippen molar-refractivity contribution in [3.05, 3.63) is 22.4 Å². The molecule has 126 valence electrons. The number of nitrogens with zero attached hydrogens (tertiary/aromatic N) is 2. The molecular weight excluding hydrogens is 341 g/mol. The summed E-state index contributed by atoms with van der Waals surface area (Å²) >= 11 is 1.82. The number of rotatable bonds is 3. The predicted molar refractivity (Wildman–Crippen MR) is 96.3 cm³/mol. The van der Waals surface area contributed by atoms with E-state index in [2.05, 4.69) is 32.6 Å². The Morgan fingerprint density at radius 2 is 2.05 bits per heavy atom. The second-order valence-corrected chi connectivity index (χ2v) is 6.76. The fourth-order valence-corrected chi connectivity index (χ4v) is 3.82. The summed E-state index contributed by atoms with van der Waals surface area (Å²) in [6.07, 6.45) is 2.19. The van der Waals surface area contributed by atoms with Crippen molar-refractivity contribution < 1.29 is 4.79 Å². The van der Waals surface area contributed by atoms with E-state index in [1.54, 1.807) is 0 Å². The molecule has 3 rings (SSSR count). The van der Waals surface area contributed by atoms with Gasteiger partial charge in [-0.05, 0) is 30.8 Å². The molecule has 0 unspecified atom stereocenters. The summed E-state index contributed by atoms with van der Waals surface area (Å²) in [5, 5.41) is 5.47. The highest BCUT2D eigenvalue weighted by molar-refractivity contribution is 7.09. The van der Waals surface area contributed by atoms with Gasteiger partial charge in [0.25, 0.3) is 0 Å². The molecule has 2 aliphatic rings. The number of carbonyl (C=O) groups excluding carboxylic acids is 1. The first-order chi connectivity index (χ1) is 9.83. The summed E-state index contributed by atoms with van der Waals surface area (Å²) < 4.78 is 0. The molecule has 2 aliphatic heterocycles. The molecule has 1 aromatic heterocycles. The van der Waals surface area contributed by atoms with E-state index in [-0.39, 0.29) is 30.7 Å². The van der Waals surface area contributed by atoms with E-state index in [9.17, 15) is 4.79 Å². The summed E-state index contributed by atoms with van der Waals surface area (Å²) in [6, 6.07) is 4.30. The molecule has 3 heterocycles. The highest BCUT2D eigenvalue weighted by Crippen LogP contribution is 2.17. The number of halogens is 2. The number of hydrogen-bond donors (Lipinski definition) is 1. The maximum Gasteiger partial charge on any atom is 0.227 e. The summed E-state index contributed by atoms with van der Waals surface area (Å²) in [4.78, 5) is 18.4. The fraction of sp³-hybridized carbons (Fsp3) is 0.667. The molecule has 2 saturated heterocycles. The van der Waals surface area contributed by atoms with Crippen LogP contribution in [0.3, 0.4) is 0 Å². The first kappa shape index (κ1) is 19.7. The topological polar surface area (TPSA) is 35.6 Å². The van der Waals surface area contributed by atoms with Gasteiger partial charge in [-0.1, -0.05) is 6.07 Å². The van der Waals surface area contributed by atoms with Gasteiger partial charge >= 0.3 is 0 Å². The third-order valence-corrected chi connectivity index (χ3v) is 5.15. The number of nitrogens with one attached hydrogen (secondary N) is 1. The highest BCUT2D eigenvalue weighted by atomic mass is 35.5. The minimum atomic E-state index is 0. The molecule has 0 aliphatic carbocycles. The van der Waals surface area contributed by atoms with E-state index in [0.29, 0.717) is 5.91 Å². The van der Waals surface area contributed by atoms with Gasteiger partial charge in [0.1, 0.15) is 0 Å². The van der Waals surface area contributed by atoms with E-state index in [1.807, 2.05) is 11.3 Å². The minimum Gasteiger partial charge on any atom is -0.340 e. The van der Waals surface area contributed by atoms with Gasteiger partial charge in [0.2, 0.25) is 5.91 Å². The van der Waals surface area contributed by atoms with Crippen molar-refractivity contribution in [3.8, 4) is 0 Å². The van der Waals surface area contributed by atoms with Crippen LogP contribution in [0.5, 0.6) is 0 Å². The lowest BCUT2D eigenvalue weighted by atomic mass is 9.98. The highest BCUT2D eigenvalue weighted by Gasteiger charge is 2.28. The zero-order chi connectivity index (χ0) is 13.8. The van der Waals surface area contributed by atoms with Crippen LogP contribution in [-0.4, -0.2) is 55.0 Å². The molecule has 1 atom stereocenters. The Hall–Kier alpha value is -0.330. The number of amides is 1. The summed E-state index contributed by atoms with van der Waals surface area (Å²) in [6.45, 7) is 6.76. The molecule has 1 N–H and O–H groups in total. The Morgan fingerprint density at radius 3 is 2.64 bits per heavy atom. The Bertz CT molecular complexity index is 430. The molecule has 22 heavy (non-hydrogen) atoms. The van der Waals surface area contributed by atoms with Crippen molar-refractivity contribution in [1.82, 2.24) is 15.1 Å². The second-order valence-electron chi connectivity index (χ2n) is 5.72. The van der Waals surface area contributed by atoms with Gasteiger partial charge in [-0.15, -0.1) is 36.2 Å². The van der Waals surface area contributed by atoms with Crippen LogP contribution in [-0.2, 0) is 11.3 Å². The molecule has 1 amide bonds. The van der Waals surface area contributed by atoms with Crippen LogP contribution in [0.1, 0.15) is 17.7 Å². The first-order valence-electron chi connectivity index (χ1n) is 7.57. The lowest BCUT2D eigenvalue weighted by Crippen LogP contribution is -2.51. The monoisotopic (exact) mass is 365 g/mol. The normalized spacial score (nSPS) is 22.5. The molecule has 1 aromatic rings. The third-order valence-electron chi connectivity index (χ3n) is 4.29. The lowest BCUT2D eigenvalue weighted by Gasteiger charge is -2.37. The van der Waals surface area contributed by atoms with Crippen LogP contribution in [0, 0.1) is 5.92 Å². The Labute approximate surface area is 149 Å². The first-order valence-corrected chi connectivity index (χ1v) is 8.45. The number of hydrogen-bond acceptors (Lipinski definition) is 4. The van der Waals surface area contributed by atoms with Crippen molar-refractivity contribution in [2.75, 3.05) is 39.3 Å². The maximum absolute atomic E-state index is 12.4. The number of carbonyl (C=O) groups is 1. The molecular formula is C15H25Cl2N3OS. The Kier molecular flexibility index (Phi) is 8.72. The van der Waals surface area contributed by atoms with Gasteiger partial charge in [0.05, 0.1) is 5.92 Å². The van der Waals surface area contributed by atoms with Crippen LogP contribution < -0.4 is 5.32 Å². The van der Waals surface area contributed by atoms with Gasteiger partial charge in [-0.25, -0.2) is 0 Å². The number of thiophene rings is 1. The Morgan fingerprint density at radius 1 is 1.27 bits per heavy atom. The molecule has 0 aromatic carbocycles. The Balaban J connectivity index is 0.00000121.